The van der Waals surface area contributed by atoms with Crippen LogP contribution in [0.1, 0.15) is 53.4 Å². The van der Waals surface area contributed by atoms with Crippen LogP contribution in [0.5, 0.6) is 0 Å². The number of hydroxylamine groups is 2. The van der Waals surface area contributed by atoms with E-state index in [1.54, 1.807) is 5.06 Å². The highest BCUT2D eigenvalue weighted by Crippen LogP contribution is 2.49. The van der Waals surface area contributed by atoms with Crippen molar-refractivity contribution in [3.8, 4) is 0 Å². The van der Waals surface area contributed by atoms with Crippen LogP contribution in [0, 0.1) is 0 Å². The van der Waals surface area contributed by atoms with Crippen molar-refractivity contribution in [3.63, 3.8) is 0 Å². The van der Waals surface area contributed by atoms with E-state index < -0.39 is 5.79 Å². The molecule has 0 bridgehead atoms. The number of nitrogens with zero attached hydrogens (tertiary/aromatic N) is 1. The molecule has 3 N–H and O–H groups in total. The molecule has 0 aliphatic carbocycles. The van der Waals surface area contributed by atoms with Crippen molar-refractivity contribution in [1.82, 2.24) is 5.06 Å². The smallest absolute Gasteiger partial charge is 0.173 e. The molecule has 2 saturated heterocycles. The van der Waals surface area contributed by atoms with Crippen LogP contribution in [0.3, 0.4) is 0 Å². The zero-order valence-electron chi connectivity index (χ0n) is 12.5. The maximum atomic E-state index is 9.25. The predicted molar refractivity (Wildman–Crippen MR) is 72.7 cm³/mol. The molecule has 2 rings (SSSR count). The average Bonchev–Trinajstić information content (AvgIpc) is 2.76. The number of ether oxygens (including phenoxy) is 2. The van der Waals surface area contributed by atoms with Crippen LogP contribution in [0.2, 0.25) is 0 Å². The van der Waals surface area contributed by atoms with Crippen molar-refractivity contribution < 1.29 is 19.8 Å². The van der Waals surface area contributed by atoms with E-state index in [2.05, 4.69) is 27.7 Å². The Balaban J connectivity index is 2.29. The first-order valence-corrected chi connectivity index (χ1v) is 7.27. The molecule has 19 heavy (non-hydrogen) atoms. The third-order valence-corrected chi connectivity index (χ3v) is 4.81. The second-order valence-electron chi connectivity index (χ2n) is 6.58. The number of hydrogen-bond donors (Lipinski definition) is 1. The quantitative estimate of drug-likeness (QED) is 0.784. The highest BCUT2D eigenvalue weighted by molar-refractivity contribution is 5.05. The van der Waals surface area contributed by atoms with E-state index in [9.17, 15) is 5.11 Å². The number of aliphatic hydroxyl groups is 1. The molecule has 0 aromatic heterocycles. The van der Waals surface area contributed by atoms with Crippen LogP contribution in [-0.4, -0.2) is 51.6 Å². The van der Waals surface area contributed by atoms with Crippen molar-refractivity contribution in [2.24, 2.45) is 0 Å². The second-order valence-corrected chi connectivity index (χ2v) is 6.58. The summed E-state index contributed by atoms with van der Waals surface area (Å²) in [7, 11) is 0. The Hall–Kier alpha value is -0.200. The van der Waals surface area contributed by atoms with Crippen molar-refractivity contribution >= 4 is 0 Å². The molecule has 5 nitrogen and oxygen atoms in total. The van der Waals surface area contributed by atoms with Crippen molar-refractivity contribution in [2.75, 3.05) is 13.2 Å². The fourth-order valence-electron chi connectivity index (χ4n) is 3.73. The normalized spacial score (nSPS) is 37.9. The molecule has 112 valence electrons. The zero-order chi connectivity index (χ0) is 14.3. The third kappa shape index (κ3) is 2.43. The molecule has 0 amide bonds. The maximum absolute atomic E-state index is 9.25. The molecule has 0 aromatic rings. The molecular weight excluding hydrogens is 246 g/mol. The number of rotatable bonds is 3. The molecule has 2 atom stereocenters. The van der Waals surface area contributed by atoms with E-state index in [-0.39, 0.29) is 23.8 Å². The molecule has 0 saturated carbocycles. The topological polar surface area (TPSA) is 64.8 Å². The van der Waals surface area contributed by atoms with Gasteiger partial charge in [-0.05, 0) is 26.7 Å². The first kappa shape index (κ1) is 15.2. The lowest BCUT2D eigenvalue weighted by molar-refractivity contribution is -0.327. The summed E-state index contributed by atoms with van der Waals surface area (Å²) in [6, 6.07) is 0. The summed E-state index contributed by atoms with van der Waals surface area (Å²) < 4.78 is 11.9. The van der Waals surface area contributed by atoms with Gasteiger partial charge in [-0.2, -0.15) is 0 Å². The zero-order valence-corrected chi connectivity index (χ0v) is 12.5. The van der Waals surface area contributed by atoms with Gasteiger partial charge in [0.15, 0.2) is 5.79 Å². The van der Waals surface area contributed by atoms with Crippen LogP contribution in [0.25, 0.3) is 0 Å². The summed E-state index contributed by atoms with van der Waals surface area (Å²) in [5.41, 5.74) is -0.513. The Labute approximate surface area is 115 Å². The first-order chi connectivity index (χ1) is 8.83. The summed E-state index contributed by atoms with van der Waals surface area (Å²) in [5.74, 6) is -0.625. The van der Waals surface area contributed by atoms with Gasteiger partial charge in [-0.1, -0.05) is 18.9 Å². The van der Waals surface area contributed by atoms with Gasteiger partial charge in [-0.3, -0.25) is 0 Å². The van der Waals surface area contributed by atoms with E-state index >= 15 is 0 Å². The summed E-state index contributed by atoms with van der Waals surface area (Å²) >= 11 is 0. The molecule has 2 fully saturated rings. The fourth-order valence-corrected chi connectivity index (χ4v) is 3.73. The standard InChI is InChI=1S/C14H27NO4/c1-5-13(6-2)10-14(9-12(3,4)15(13)17)18-8-11(7-16)19-14/h11,16-17H,5-10H2,1-4H3/p+1. The maximum Gasteiger partial charge on any atom is 0.173 e. The Bertz CT molecular complexity index is 329. The fraction of sp³-hybridized carbons (Fsp3) is 1.00. The Morgan fingerprint density at radius 1 is 1.26 bits per heavy atom. The Kier molecular flexibility index (Phi) is 3.97. The minimum Gasteiger partial charge on any atom is -0.394 e. The highest BCUT2D eigenvalue weighted by atomic mass is 16.7. The van der Waals surface area contributed by atoms with E-state index in [4.69, 9.17) is 14.7 Å². The van der Waals surface area contributed by atoms with Gasteiger partial charge >= 0.3 is 0 Å². The van der Waals surface area contributed by atoms with Crippen molar-refractivity contribution in [1.29, 1.82) is 0 Å². The summed E-state index contributed by atoms with van der Waals surface area (Å²) in [4.78, 5) is 0. The molecular formula is C14H28NO4+. The summed E-state index contributed by atoms with van der Waals surface area (Å²) in [5, 5.41) is 19.5. The van der Waals surface area contributed by atoms with Gasteiger partial charge in [0, 0.05) is 12.8 Å². The largest absolute Gasteiger partial charge is 0.394 e. The van der Waals surface area contributed by atoms with Crippen LogP contribution < -0.4 is 0 Å². The molecule has 2 unspecified atom stereocenters. The van der Waals surface area contributed by atoms with Gasteiger partial charge in [0.05, 0.1) is 24.3 Å². The van der Waals surface area contributed by atoms with Crippen LogP contribution in [0.15, 0.2) is 0 Å². The average molecular weight is 274 g/mol. The molecule has 2 aliphatic rings. The van der Waals surface area contributed by atoms with E-state index in [0.29, 0.717) is 19.4 Å². The Morgan fingerprint density at radius 3 is 2.37 bits per heavy atom. The van der Waals surface area contributed by atoms with E-state index in [0.717, 1.165) is 12.8 Å². The first-order valence-electron chi connectivity index (χ1n) is 7.27. The van der Waals surface area contributed by atoms with Crippen LogP contribution in [0.4, 0.5) is 0 Å². The second kappa shape index (κ2) is 4.97. The monoisotopic (exact) mass is 274 g/mol. The van der Waals surface area contributed by atoms with E-state index in [1.807, 2.05) is 0 Å². The lowest BCUT2D eigenvalue weighted by Gasteiger charge is -2.53. The SMILES string of the molecule is CCC1(CC)CC2(CC(C)(C)N1[OH2+])OCC(CO)O2. The summed E-state index contributed by atoms with van der Waals surface area (Å²) in [6.07, 6.45) is 2.95. The molecule has 1 spiro atoms. The van der Waals surface area contributed by atoms with Gasteiger partial charge in [0.25, 0.3) is 0 Å². The van der Waals surface area contributed by atoms with Crippen molar-refractivity contribution in [3.05, 3.63) is 0 Å². The Morgan fingerprint density at radius 2 is 1.89 bits per heavy atom. The summed E-state index contributed by atoms with van der Waals surface area (Å²) in [6.45, 7) is 8.84. The molecule has 2 aliphatic heterocycles. The molecule has 0 aromatic carbocycles. The van der Waals surface area contributed by atoms with Gasteiger partial charge in [0.1, 0.15) is 6.10 Å². The molecule has 5 heteroatoms. The van der Waals surface area contributed by atoms with Gasteiger partial charge in [-0.25, -0.2) is 0 Å². The molecule has 2 heterocycles. The predicted octanol–water partition coefficient (Wildman–Crippen LogP) is 1.16. The van der Waals surface area contributed by atoms with Crippen LogP contribution in [-0.2, 0) is 9.47 Å². The lowest BCUT2D eigenvalue weighted by atomic mass is 9.73. The third-order valence-electron chi connectivity index (χ3n) is 4.81. The van der Waals surface area contributed by atoms with Gasteiger partial charge < -0.3 is 19.8 Å². The lowest BCUT2D eigenvalue weighted by Crippen LogP contribution is -2.66. The minimum atomic E-state index is -0.625. The number of aliphatic hydroxyl groups excluding tert-OH is 1. The van der Waals surface area contributed by atoms with E-state index in [1.165, 1.54) is 0 Å². The number of piperidine rings is 1. The van der Waals surface area contributed by atoms with Crippen molar-refractivity contribution in [2.45, 2.75) is 76.3 Å². The van der Waals surface area contributed by atoms with Crippen LogP contribution >= 0.6 is 0 Å². The van der Waals surface area contributed by atoms with Gasteiger partial charge in [0.2, 0.25) is 0 Å². The minimum absolute atomic E-state index is 0.00197. The molecule has 0 radical (unpaired) electrons. The number of hydrogen-bond acceptors (Lipinski definition) is 4. The highest BCUT2D eigenvalue weighted by Gasteiger charge is 2.61. The van der Waals surface area contributed by atoms with Gasteiger partial charge in [-0.15, -0.1) is 0 Å².